The largest absolute Gasteiger partial charge is 0.354 e. The molecule has 0 aliphatic carbocycles. The number of hydrogen-bond acceptors (Lipinski definition) is 5. The van der Waals surface area contributed by atoms with Crippen molar-refractivity contribution >= 4 is 27.3 Å². The number of rotatable bonds is 9. The van der Waals surface area contributed by atoms with Crippen LogP contribution in [0, 0.1) is 5.92 Å². The summed E-state index contributed by atoms with van der Waals surface area (Å²) in [5, 5.41) is 5.88. The molecule has 1 amide bonds. The summed E-state index contributed by atoms with van der Waals surface area (Å²) in [4.78, 5) is 17.8. The molecule has 1 saturated heterocycles. The van der Waals surface area contributed by atoms with Gasteiger partial charge in [-0.3, -0.25) is 4.79 Å². The number of benzene rings is 2. The Morgan fingerprint density at radius 1 is 1.15 bits per heavy atom. The zero-order valence-corrected chi connectivity index (χ0v) is 21.2. The van der Waals surface area contributed by atoms with E-state index in [1.807, 2.05) is 47.8 Å². The van der Waals surface area contributed by atoms with Crippen molar-refractivity contribution in [2.45, 2.75) is 50.5 Å². The Labute approximate surface area is 206 Å². The number of aromatic nitrogens is 1. The second kappa shape index (κ2) is 10.8. The first kappa shape index (κ1) is 24.6. The maximum absolute atomic E-state index is 13.3. The highest BCUT2D eigenvalue weighted by atomic mass is 32.2. The molecule has 6 nitrogen and oxygen atoms in total. The van der Waals surface area contributed by atoms with Crippen LogP contribution in [0.15, 0.2) is 64.9 Å². The van der Waals surface area contributed by atoms with E-state index in [0.29, 0.717) is 38.3 Å². The molecule has 4 rings (SSSR count). The lowest BCUT2D eigenvalue weighted by atomic mass is 10.0. The van der Waals surface area contributed by atoms with Gasteiger partial charge in [-0.15, -0.1) is 11.3 Å². The van der Waals surface area contributed by atoms with E-state index in [1.54, 1.807) is 23.5 Å². The maximum Gasteiger partial charge on any atom is 0.243 e. The zero-order chi connectivity index (χ0) is 24.1. The lowest BCUT2D eigenvalue weighted by molar-refractivity contribution is -0.124. The molecule has 180 valence electrons. The average molecular weight is 498 g/mol. The molecule has 1 atom stereocenters. The third kappa shape index (κ3) is 5.74. The van der Waals surface area contributed by atoms with Gasteiger partial charge in [0.1, 0.15) is 11.0 Å². The molecule has 0 saturated carbocycles. The van der Waals surface area contributed by atoms with Crippen LogP contribution in [0.2, 0.25) is 0 Å². The average Bonchev–Trinajstić information content (AvgIpc) is 3.50. The minimum atomic E-state index is -3.72. The first-order valence-corrected chi connectivity index (χ1v) is 14.0. The molecule has 34 heavy (non-hydrogen) atoms. The minimum absolute atomic E-state index is 0.240. The summed E-state index contributed by atoms with van der Waals surface area (Å²) in [5.74, 6) is 0.263. The van der Waals surface area contributed by atoms with Gasteiger partial charge in [0, 0.05) is 30.5 Å². The number of carbonyl (C=O) groups excluding carboxylic acids is 1. The van der Waals surface area contributed by atoms with Gasteiger partial charge in [-0.1, -0.05) is 56.3 Å². The van der Waals surface area contributed by atoms with Crippen molar-refractivity contribution in [3.05, 3.63) is 71.2 Å². The van der Waals surface area contributed by atoms with Gasteiger partial charge in [0.2, 0.25) is 15.9 Å². The number of nitrogens with one attached hydrogen (secondary N) is 1. The third-order valence-electron chi connectivity index (χ3n) is 5.93. The molecular formula is C26H31N3O3S2. The van der Waals surface area contributed by atoms with Crippen LogP contribution in [0.3, 0.4) is 0 Å². The van der Waals surface area contributed by atoms with E-state index in [4.69, 9.17) is 0 Å². The van der Waals surface area contributed by atoms with Crippen molar-refractivity contribution in [1.82, 2.24) is 14.6 Å². The molecule has 1 aromatic heterocycles. The van der Waals surface area contributed by atoms with Crippen molar-refractivity contribution < 1.29 is 13.2 Å². The van der Waals surface area contributed by atoms with Crippen molar-refractivity contribution in [2.75, 3.05) is 13.1 Å². The Morgan fingerprint density at radius 2 is 1.88 bits per heavy atom. The van der Waals surface area contributed by atoms with Gasteiger partial charge >= 0.3 is 0 Å². The predicted molar refractivity (Wildman–Crippen MR) is 136 cm³/mol. The van der Waals surface area contributed by atoms with Crippen LogP contribution in [0.5, 0.6) is 0 Å². The molecule has 1 aliphatic rings. The summed E-state index contributed by atoms with van der Waals surface area (Å²) in [6.07, 6.45) is 2.72. The van der Waals surface area contributed by atoms with E-state index in [9.17, 15) is 13.2 Å². The molecule has 3 aromatic rings. The van der Waals surface area contributed by atoms with Gasteiger partial charge in [-0.05, 0) is 42.9 Å². The summed E-state index contributed by atoms with van der Waals surface area (Å²) < 4.78 is 27.9. The van der Waals surface area contributed by atoms with E-state index >= 15 is 0 Å². The summed E-state index contributed by atoms with van der Waals surface area (Å²) >= 11 is 1.58. The van der Waals surface area contributed by atoms with E-state index in [2.05, 4.69) is 24.1 Å². The fourth-order valence-corrected chi connectivity index (χ4v) is 6.78. The predicted octanol–water partition coefficient (Wildman–Crippen LogP) is 4.52. The number of thiazole rings is 1. The Bertz CT molecular complexity index is 1210. The van der Waals surface area contributed by atoms with Crippen molar-refractivity contribution in [3.8, 4) is 10.6 Å². The quantitative estimate of drug-likeness (QED) is 0.471. The highest BCUT2D eigenvalue weighted by Crippen LogP contribution is 2.27. The maximum atomic E-state index is 13.3. The van der Waals surface area contributed by atoms with E-state index in [-0.39, 0.29) is 10.8 Å². The van der Waals surface area contributed by atoms with Crippen LogP contribution < -0.4 is 5.32 Å². The first-order valence-electron chi connectivity index (χ1n) is 11.7. The van der Waals surface area contributed by atoms with Gasteiger partial charge in [0.25, 0.3) is 0 Å². The highest BCUT2D eigenvalue weighted by molar-refractivity contribution is 7.89. The molecule has 0 spiro atoms. The Balaban J connectivity index is 1.35. The number of amides is 1. The fourth-order valence-electron chi connectivity index (χ4n) is 4.26. The molecule has 2 aromatic carbocycles. The van der Waals surface area contributed by atoms with E-state index < -0.39 is 16.1 Å². The topological polar surface area (TPSA) is 79.4 Å². The molecule has 2 heterocycles. The Kier molecular flexibility index (Phi) is 7.80. The summed E-state index contributed by atoms with van der Waals surface area (Å²) in [6, 6.07) is 16.4. The van der Waals surface area contributed by atoms with Crippen LogP contribution in [0.25, 0.3) is 10.6 Å². The van der Waals surface area contributed by atoms with Gasteiger partial charge < -0.3 is 5.32 Å². The van der Waals surface area contributed by atoms with Crippen molar-refractivity contribution in [1.29, 1.82) is 0 Å². The molecular weight excluding hydrogens is 466 g/mol. The van der Waals surface area contributed by atoms with E-state index in [1.165, 1.54) is 4.31 Å². The second-order valence-electron chi connectivity index (χ2n) is 9.07. The van der Waals surface area contributed by atoms with Gasteiger partial charge in [0.05, 0.1) is 10.6 Å². The number of hydrogen-bond donors (Lipinski definition) is 1. The number of sulfonamides is 1. The Morgan fingerprint density at radius 3 is 2.59 bits per heavy atom. The summed E-state index contributed by atoms with van der Waals surface area (Å²) in [5.41, 5.74) is 3.11. The SMILES string of the molecule is CC(C)Cc1ccc(S(=O)(=O)N2CCCC2C(=O)NCCc2csc(-c3ccccc3)n2)cc1. The molecule has 1 aliphatic heterocycles. The minimum Gasteiger partial charge on any atom is -0.354 e. The van der Waals surface area contributed by atoms with Crippen LogP contribution in [0.1, 0.15) is 37.9 Å². The van der Waals surface area contributed by atoms with Crippen molar-refractivity contribution in [2.24, 2.45) is 5.92 Å². The lowest BCUT2D eigenvalue weighted by Crippen LogP contribution is -2.46. The monoisotopic (exact) mass is 497 g/mol. The standard InChI is InChI=1S/C26H31N3O3S2/c1-19(2)17-20-10-12-23(13-11-20)34(31,32)29-16-6-9-24(29)25(30)27-15-14-22-18-33-26(28-22)21-7-4-3-5-8-21/h3-5,7-8,10-13,18-19,24H,6,9,14-17H2,1-2H3,(H,27,30). The summed E-state index contributed by atoms with van der Waals surface area (Å²) in [6.45, 7) is 5.05. The zero-order valence-electron chi connectivity index (χ0n) is 19.6. The van der Waals surface area contributed by atoms with Crippen LogP contribution in [-0.2, 0) is 27.7 Å². The second-order valence-corrected chi connectivity index (χ2v) is 11.8. The van der Waals surface area contributed by atoms with Crippen LogP contribution in [-0.4, -0.2) is 42.7 Å². The molecule has 0 bridgehead atoms. The summed E-state index contributed by atoms with van der Waals surface area (Å²) in [7, 11) is -3.72. The van der Waals surface area contributed by atoms with Gasteiger partial charge in [0.15, 0.2) is 0 Å². The molecule has 1 unspecified atom stereocenters. The fraction of sp³-hybridized carbons (Fsp3) is 0.385. The van der Waals surface area contributed by atoms with Crippen LogP contribution >= 0.6 is 11.3 Å². The first-order chi connectivity index (χ1) is 16.3. The molecule has 0 radical (unpaired) electrons. The van der Waals surface area contributed by atoms with Gasteiger partial charge in [-0.2, -0.15) is 4.31 Å². The smallest absolute Gasteiger partial charge is 0.243 e. The molecule has 8 heteroatoms. The third-order valence-corrected chi connectivity index (χ3v) is 8.80. The van der Waals surface area contributed by atoms with Crippen molar-refractivity contribution in [3.63, 3.8) is 0 Å². The number of carbonyl (C=O) groups is 1. The van der Waals surface area contributed by atoms with Crippen LogP contribution in [0.4, 0.5) is 0 Å². The normalized spacial score (nSPS) is 16.7. The lowest BCUT2D eigenvalue weighted by Gasteiger charge is -2.23. The molecule has 1 fully saturated rings. The highest BCUT2D eigenvalue weighted by Gasteiger charge is 2.39. The Hall–Kier alpha value is -2.55. The van der Waals surface area contributed by atoms with E-state index in [0.717, 1.165) is 28.2 Å². The molecule has 1 N–H and O–H groups in total. The number of nitrogens with zero attached hydrogens (tertiary/aromatic N) is 2. The van der Waals surface area contributed by atoms with Gasteiger partial charge in [-0.25, -0.2) is 13.4 Å².